The second-order valence-electron chi connectivity index (χ2n) is 14.1. The summed E-state index contributed by atoms with van der Waals surface area (Å²) in [5.74, 6) is 0.671. The van der Waals surface area contributed by atoms with Gasteiger partial charge in [0.15, 0.2) is 5.82 Å². The molecule has 0 radical (unpaired) electrons. The Kier molecular flexibility index (Phi) is 7.46. The molecule has 0 aliphatic heterocycles. The van der Waals surface area contributed by atoms with Crippen LogP contribution in [0.15, 0.2) is 203 Å². The van der Waals surface area contributed by atoms with Crippen LogP contribution in [-0.2, 0) is 0 Å². The van der Waals surface area contributed by atoms with Gasteiger partial charge in [0.1, 0.15) is 22.3 Å². The van der Waals surface area contributed by atoms with Gasteiger partial charge in [-0.05, 0) is 75.8 Å². The molecule has 0 aliphatic carbocycles. The second kappa shape index (κ2) is 13.1. The molecule has 0 saturated heterocycles. The lowest BCUT2D eigenvalue weighted by Crippen LogP contribution is -1.98. The summed E-state index contributed by atoms with van der Waals surface area (Å²) in [6.45, 7) is 0. The molecule has 56 heavy (non-hydrogen) atoms. The van der Waals surface area contributed by atoms with Gasteiger partial charge in [-0.2, -0.15) is 0 Å². The van der Waals surface area contributed by atoms with Crippen LogP contribution in [0, 0.1) is 0 Å². The van der Waals surface area contributed by atoms with Gasteiger partial charge in [0.05, 0.1) is 11.4 Å². The van der Waals surface area contributed by atoms with Gasteiger partial charge in [-0.25, -0.2) is 9.97 Å². The Morgan fingerprint density at radius 1 is 0.286 bits per heavy atom. The van der Waals surface area contributed by atoms with E-state index in [1.807, 2.05) is 48.5 Å². The molecule has 0 fully saturated rings. The molecule has 11 aromatic rings. The Morgan fingerprint density at radius 3 is 1.45 bits per heavy atom. The quantitative estimate of drug-likeness (QED) is 0.172. The zero-order valence-corrected chi connectivity index (χ0v) is 30.2. The molecule has 8 aromatic carbocycles. The highest BCUT2D eigenvalue weighted by Gasteiger charge is 2.20. The van der Waals surface area contributed by atoms with E-state index in [1.54, 1.807) is 0 Å². The van der Waals surface area contributed by atoms with Gasteiger partial charge >= 0.3 is 0 Å². The Morgan fingerprint density at radius 2 is 0.768 bits per heavy atom. The van der Waals surface area contributed by atoms with Crippen molar-refractivity contribution < 1.29 is 8.83 Å². The van der Waals surface area contributed by atoms with Gasteiger partial charge in [-0.3, -0.25) is 0 Å². The van der Waals surface area contributed by atoms with Gasteiger partial charge in [-0.15, -0.1) is 0 Å². The van der Waals surface area contributed by atoms with Crippen molar-refractivity contribution in [2.24, 2.45) is 0 Å². The molecule has 4 nitrogen and oxygen atoms in total. The molecule has 0 bridgehead atoms. The first-order chi connectivity index (χ1) is 27.7. The normalized spacial score (nSPS) is 11.6. The lowest BCUT2D eigenvalue weighted by molar-refractivity contribution is 0.668. The number of hydrogen-bond donors (Lipinski definition) is 0. The lowest BCUT2D eigenvalue weighted by atomic mass is 9.88. The largest absolute Gasteiger partial charge is 0.456 e. The molecule has 11 rings (SSSR count). The van der Waals surface area contributed by atoms with E-state index in [1.165, 1.54) is 5.56 Å². The molecule has 3 aromatic heterocycles. The van der Waals surface area contributed by atoms with Gasteiger partial charge in [0.25, 0.3) is 0 Å². The lowest BCUT2D eigenvalue weighted by Gasteiger charge is -2.17. The number of para-hydroxylation sites is 2. The van der Waals surface area contributed by atoms with Crippen molar-refractivity contribution in [3.8, 4) is 67.3 Å². The highest BCUT2D eigenvalue weighted by Crippen LogP contribution is 2.44. The van der Waals surface area contributed by atoms with E-state index >= 15 is 0 Å². The third kappa shape index (κ3) is 5.47. The summed E-state index contributed by atoms with van der Waals surface area (Å²) in [5.41, 5.74) is 14.8. The molecule has 0 spiro atoms. The Labute approximate surface area is 323 Å². The summed E-state index contributed by atoms with van der Waals surface area (Å²) >= 11 is 0. The Balaban J connectivity index is 1.16. The molecule has 0 unspecified atom stereocenters. The second-order valence-corrected chi connectivity index (χ2v) is 14.1. The number of rotatable bonds is 6. The number of hydrogen-bond acceptors (Lipinski definition) is 4. The van der Waals surface area contributed by atoms with Crippen LogP contribution in [-0.4, -0.2) is 9.97 Å². The molecule has 4 heteroatoms. The van der Waals surface area contributed by atoms with E-state index in [2.05, 4.69) is 146 Å². The molecule has 0 amide bonds. The third-order valence-electron chi connectivity index (χ3n) is 10.7. The summed E-state index contributed by atoms with van der Waals surface area (Å²) < 4.78 is 12.5. The van der Waals surface area contributed by atoms with Crippen molar-refractivity contribution in [3.05, 3.63) is 194 Å². The van der Waals surface area contributed by atoms with E-state index in [4.69, 9.17) is 18.8 Å². The molecule has 0 N–H and O–H groups in total. The maximum absolute atomic E-state index is 6.29. The molecule has 0 atom stereocenters. The molecule has 3 heterocycles. The van der Waals surface area contributed by atoms with Crippen LogP contribution < -0.4 is 0 Å². The molecular weight excluding hydrogens is 685 g/mol. The zero-order valence-electron chi connectivity index (χ0n) is 30.2. The molecule has 0 aliphatic rings. The van der Waals surface area contributed by atoms with E-state index in [9.17, 15) is 0 Å². The first-order valence-electron chi connectivity index (χ1n) is 18.8. The minimum Gasteiger partial charge on any atom is -0.456 e. The zero-order chi connectivity index (χ0) is 37.0. The van der Waals surface area contributed by atoms with Gasteiger partial charge in [0, 0.05) is 38.2 Å². The maximum atomic E-state index is 6.29. The summed E-state index contributed by atoms with van der Waals surface area (Å²) in [4.78, 5) is 10.5. The van der Waals surface area contributed by atoms with Crippen molar-refractivity contribution in [2.45, 2.75) is 0 Å². The topological polar surface area (TPSA) is 52.1 Å². The van der Waals surface area contributed by atoms with Crippen molar-refractivity contribution in [3.63, 3.8) is 0 Å². The SMILES string of the molecule is c1ccc(-c2ccc(-c3cc(-c4cccc(-c5ccc6oc7ccccc7c6c5)c4-c4ccc5oc6ccccc6c5c4)nc(-c4ccccc4)n3)cc2)cc1. The smallest absolute Gasteiger partial charge is 0.160 e. The third-order valence-corrected chi connectivity index (χ3v) is 10.7. The molecule has 0 saturated carbocycles. The summed E-state index contributed by atoms with van der Waals surface area (Å²) in [7, 11) is 0. The van der Waals surface area contributed by atoms with Gasteiger partial charge in [0.2, 0.25) is 0 Å². The fraction of sp³-hybridized carbons (Fsp3) is 0. The number of nitrogens with zero attached hydrogens (tertiary/aromatic N) is 2. The summed E-state index contributed by atoms with van der Waals surface area (Å²) in [5, 5.41) is 4.34. The van der Waals surface area contributed by atoms with Crippen LogP contribution in [0.3, 0.4) is 0 Å². The van der Waals surface area contributed by atoms with E-state index in [0.29, 0.717) is 5.82 Å². The van der Waals surface area contributed by atoms with Crippen LogP contribution in [0.1, 0.15) is 0 Å². The number of benzene rings is 8. The predicted molar refractivity (Wildman–Crippen MR) is 229 cm³/mol. The van der Waals surface area contributed by atoms with E-state index < -0.39 is 0 Å². The monoisotopic (exact) mass is 716 g/mol. The average Bonchev–Trinajstić information content (AvgIpc) is 3.84. The van der Waals surface area contributed by atoms with Crippen LogP contribution >= 0.6 is 0 Å². The van der Waals surface area contributed by atoms with E-state index in [0.717, 1.165) is 99.8 Å². The average molecular weight is 717 g/mol. The van der Waals surface area contributed by atoms with Gasteiger partial charge < -0.3 is 8.83 Å². The standard InChI is InChI=1S/C52H32N2O2/c1-3-12-33(13-4-1)34-22-24-35(25-23-34)45-32-46(54-52(53-45)36-14-5-2-6-15-36)42-19-11-18-39(37-26-28-49-43(30-37)40-16-7-9-20-47(40)55-49)51(42)38-27-29-50-44(31-38)41-17-8-10-21-48(41)56-50/h1-32H. The first-order valence-corrected chi connectivity index (χ1v) is 18.8. The maximum Gasteiger partial charge on any atom is 0.160 e. The van der Waals surface area contributed by atoms with Crippen LogP contribution in [0.5, 0.6) is 0 Å². The molecule has 262 valence electrons. The fourth-order valence-corrected chi connectivity index (χ4v) is 8.01. The van der Waals surface area contributed by atoms with Crippen molar-refractivity contribution in [2.75, 3.05) is 0 Å². The minimum absolute atomic E-state index is 0.671. The Bertz CT molecular complexity index is 3230. The van der Waals surface area contributed by atoms with Crippen molar-refractivity contribution in [1.29, 1.82) is 0 Å². The summed E-state index contributed by atoms with van der Waals surface area (Å²) in [6.07, 6.45) is 0. The number of furan rings is 2. The van der Waals surface area contributed by atoms with Gasteiger partial charge in [-0.1, -0.05) is 152 Å². The van der Waals surface area contributed by atoms with Crippen molar-refractivity contribution >= 4 is 43.9 Å². The van der Waals surface area contributed by atoms with E-state index in [-0.39, 0.29) is 0 Å². The highest BCUT2D eigenvalue weighted by atomic mass is 16.3. The Hall–Kier alpha value is -7.56. The number of fused-ring (bicyclic) bond motifs is 6. The first kappa shape index (κ1) is 31.9. The van der Waals surface area contributed by atoms with Crippen LogP contribution in [0.25, 0.3) is 111 Å². The summed E-state index contributed by atoms with van der Waals surface area (Å²) in [6, 6.07) is 67.5. The predicted octanol–water partition coefficient (Wildman–Crippen LogP) is 14.3. The number of aromatic nitrogens is 2. The minimum atomic E-state index is 0.671. The van der Waals surface area contributed by atoms with Crippen molar-refractivity contribution in [1.82, 2.24) is 9.97 Å². The van der Waals surface area contributed by atoms with Crippen LogP contribution in [0.2, 0.25) is 0 Å². The van der Waals surface area contributed by atoms with Crippen LogP contribution in [0.4, 0.5) is 0 Å². The fourth-order valence-electron chi connectivity index (χ4n) is 8.01. The highest BCUT2D eigenvalue weighted by molar-refractivity contribution is 6.09. The molecular formula is C52H32N2O2.